The van der Waals surface area contributed by atoms with Crippen LogP contribution in [0.4, 0.5) is 0 Å². The van der Waals surface area contributed by atoms with Crippen LogP contribution in [-0.2, 0) is 4.79 Å². The molecule has 130 valence electrons. The van der Waals surface area contributed by atoms with E-state index < -0.39 is 0 Å². The van der Waals surface area contributed by atoms with E-state index in [4.69, 9.17) is 4.99 Å². The van der Waals surface area contributed by atoms with Crippen LogP contribution in [0.3, 0.4) is 0 Å². The Balaban J connectivity index is 1.89. The first-order chi connectivity index (χ1) is 12.6. The van der Waals surface area contributed by atoms with Gasteiger partial charge in [-0.15, -0.1) is 0 Å². The number of carbonyl (C=O) groups excluding carboxylic acids is 1. The Labute approximate surface area is 157 Å². The van der Waals surface area contributed by atoms with Gasteiger partial charge in [0.05, 0.1) is 12.5 Å². The van der Waals surface area contributed by atoms with E-state index in [2.05, 4.69) is 42.2 Å². The van der Waals surface area contributed by atoms with Crippen molar-refractivity contribution in [2.24, 2.45) is 4.99 Å². The summed E-state index contributed by atoms with van der Waals surface area (Å²) in [4.78, 5) is 17.2. The monoisotopic (exact) mass is 360 g/mol. The molecule has 1 aliphatic heterocycles. The molecule has 0 bridgehead atoms. The first kappa shape index (κ1) is 16.9. The van der Waals surface area contributed by atoms with Crippen molar-refractivity contribution in [3.8, 4) is 0 Å². The molecule has 3 aromatic rings. The molecule has 1 heterocycles. The summed E-state index contributed by atoms with van der Waals surface area (Å²) >= 11 is 1.54. The van der Waals surface area contributed by atoms with Crippen molar-refractivity contribution in [3.05, 3.63) is 72.3 Å². The summed E-state index contributed by atoms with van der Waals surface area (Å²) in [6.45, 7) is 5.91. The molecule has 0 radical (unpaired) electrons. The minimum atomic E-state index is -0.174. The summed E-state index contributed by atoms with van der Waals surface area (Å²) in [6, 6.07) is 18.7. The van der Waals surface area contributed by atoms with E-state index in [0.29, 0.717) is 11.6 Å². The number of nitrogens with one attached hydrogen (secondary N) is 1. The Hall–Kier alpha value is -2.59. The normalized spacial score (nSPS) is 17.2. The van der Waals surface area contributed by atoms with E-state index in [0.717, 1.165) is 16.9 Å². The summed E-state index contributed by atoms with van der Waals surface area (Å²) in [5.74, 6) is 0.772. The molecule has 26 heavy (non-hydrogen) atoms. The molecule has 0 unspecified atom stereocenters. The van der Waals surface area contributed by atoms with Gasteiger partial charge in [-0.25, -0.2) is 0 Å². The van der Waals surface area contributed by atoms with Gasteiger partial charge in [0.1, 0.15) is 0 Å². The van der Waals surface area contributed by atoms with Gasteiger partial charge in [0.25, 0.3) is 0 Å². The Bertz CT molecular complexity index is 1000. The third kappa shape index (κ3) is 3.25. The van der Waals surface area contributed by atoms with Gasteiger partial charge >= 0.3 is 0 Å². The highest BCUT2D eigenvalue weighted by Gasteiger charge is 2.25. The van der Waals surface area contributed by atoms with Crippen molar-refractivity contribution in [2.45, 2.75) is 19.4 Å². The smallest absolute Gasteiger partial charge is 0.228 e. The highest BCUT2D eigenvalue weighted by molar-refractivity contribution is 8.14. The SMILES string of the molecule is C=C(C)CSC1=N[C@@H](c2c3ccccc3cc3ccccc23)CC(=O)N1. The quantitative estimate of drug-likeness (QED) is 0.514. The third-order valence-corrected chi connectivity index (χ3v) is 5.62. The number of carbonyl (C=O) groups is 1. The molecule has 0 fully saturated rings. The standard InChI is InChI=1S/C22H20N2OS/c1-14(2)13-26-22-23-19(12-20(25)24-22)21-17-9-5-3-7-15(17)11-16-8-4-6-10-18(16)21/h3-11,19H,1,12-13H2,2H3,(H,23,24,25)/t19-/m1/s1. The van der Waals surface area contributed by atoms with Crippen LogP contribution >= 0.6 is 11.8 Å². The number of rotatable bonds is 3. The molecule has 0 saturated heterocycles. The second-order valence-corrected chi connectivity index (χ2v) is 7.64. The minimum Gasteiger partial charge on any atom is -0.305 e. The van der Waals surface area contributed by atoms with E-state index in [9.17, 15) is 4.79 Å². The van der Waals surface area contributed by atoms with Crippen LogP contribution in [0.1, 0.15) is 24.9 Å². The number of thioether (sulfide) groups is 1. The molecular weight excluding hydrogens is 340 g/mol. The molecule has 0 aliphatic carbocycles. The Morgan fingerprint density at radius 2 is 1.77 bits per heavy atom. The van der Waals surface area contributed by atoms with Gasteiger partial charge in [-0.05, 0) is 40.1 Å². The van der Waals surface area contributed by atoms with Crippen LogP contribution in [0.25, 0.3) is 21.5 Å². The van der Waals surface area contributed by atoms with Gasteiger partial charge in [-0.3, -0.25) is 9.79 Å². The van der Waals surface area contributed by atoms with Crippen LogP contribution < -0.4 is 5.32 Å². The van der Waals surface area contributed by atoms with Crippen LogP contribution in [0.2, 0.25) is 0 Å². The molecule has 0 saturated carbocycles. The lowest BCUT2D eigenvalue weighted by molar-refractivity contribution is -0.120. The number of hydrogen-bond donors (Lipinski definition) is 1. The van der Waals surface area contributed by atoms with Gasteiger partial charge in [0.2, 0.25) is 5.91 Å². The van der Waals surface area contributed by atoms with Gasteiger partial charge in [-0.1, -0.05) is 72.4 Å². The van der Waals surface area contributed by atoms with Gasteiger partial charge in [0, 0.05) is 5.75 Å². The third-order valence-electron chi connectivity index (χ3n) is 4.50. The number of benzene rings is 3. The average Bonchev–Trinajstić information content (AvgIpc) is 2.64. The number of nitrogens with zero attached hydrogens (tertiary/aromatic N) is 1. The number of amidine groups is 1. The van der Waals surface area contributed by atoms with Crippen molar-refractivity contribution in [1.29, 1.82) is 0 Å². The van der Waals surface area contributed by atoms with E-state index in [1.54, 1.807) is 0 Å². The number of hydrogen-bond acceptors (Lipinski definition) is 3. The number of amides is 1. The summed E-state index contributed by atoms with van der Waals surface area (Å²) in [5.41, 5.74) is 2.20. The van der Waals surface area contributed by atoms with E-state index in [1.807, 2.05) is 31.2 Å². The minimum absolute atomic E-state index is 0.0197. The lowest BCUT2D eigenvalue weighted by atomic mass is 9.90. The fraction of sp³-hybridized carbons (Fsp3) is 0.182. The molecule has 3 nitrogen and oxygen atoms in total. The van der Waals surface area contributed by atoms with Crippen LogP contribution in [0, 0.1) is 0 Å². The summed E-state index contributed by atoms with van der Waals surface area (Å²) < 4.78 is 0. The Kier molecular flexibility index (Phi) is 4.51. The van der Waals surface area contributed by atoms with Gasteiger partial charge < -0.3 is 5.32 Å². The Morgan fingerprint density at radius 1 is 1.15 bits per heavy atom. The summed E-state index contributed by atoms with van der Waals surface area (Å²) in [6.07, 6.45) is 0.370. The summed E-state index contributed by atoms with van der Waals surface area (Å²) in [7, 11) is 0. The molecule has 3 aromatic carbocycles. The van der Waals surface area contributed by atoms with Crippen molar-refractivity contribution < 1.29 is 4.79 Å². The zero-order chi connectivity index (χ0) is 18.1. The molecule has 4 rings (SSSR count). The van der Waals surface area contributed by atoms with E-state index in [-0.39, 0.29) is 11.9 Å². The maximum absolute atomic E-state index is 12.3. The molecular formula is C22H20N2OS. The summed E-state index contributed by atoms with van der Waals surface area (Å²) in [5, 5.41) is 8.28. The fourth-order valence-electron chi connectivity index (χ4n) is 3.40. The van der Waals surface area contributed by atoms with Crippen molar-refractivity contribution in [2.75, 3.05) is 5.75 Å². The van der Waals surface area contributed by atoms with Crippen LogP contribution in [0.5, 0.6) is 0 Å². The lowest BCUT2D eigenvalue weighted by Gasteiger charge is -2.23. The first-order valence-corrected chi connectivity index (χ1v) is 9.65. The maximum Gasteiger partial charge on any atom is 0.228 e. The molecule has 1 amide bonds. The maximum atomic E-state index is 12.3. The highest BCUT2D eigenvalue weighted by Crippen LogP contribution is 2.37. The Morgan fingerprint density at radius 3 is 2.38 bits per heavy atom. The second kappa shape index (κ2) is 6.96. The van der Waals surface area contributed by atoms with Crippen molar-refractivity contribution >= 4 is 44.4 Å². The zero-order valence-electron chi connectivity index (χ0n) is 14.7. The van der Waals surface area contributed by atoms with Crippen LogP contribution in [-0.4, -0.2) is 16.8 Å². The predicted molar refractivity (Wildman–Crippen MR) is 112 cm³/mol. The predicted octanol–water partition coefficient (Wildman–Crippen LogP) is 5.22. The zero-order valence-corrected chi connectivity index (χ0v) is 15.5. The average molecular weight is 360 g/mol. The van der Waals surface area contributed by atoms with Gasteiger partial charge in [0.15, 0.2) is 5.17 Å². The second-order valence-electron chi connectivity index (χ2n) is 6.68. The molecule has 0 aromatic heterocycles. The highest BCUT2D eigenvalue weighted by atomic mass is 32.2. The lowest BCUT2D eigenvalue weighted by Crippen LogP contribution is -2.34. The topological polar surface area (TPSA) is 41.5 Å². The largest absolute Gasteiger partial charge is 0.305 e. The van der Waals surface area contributed by atoms with Crippen LogP contribution in [0.15, 0.2) is 71.7 Å². The molecule has 0 spiro atoms. The molecule has 1 aliphatic rings. The molecule has 1 N–H and O–H groups in total. The number of aliphatic imine (C=N–C) groups is 1. The van der Waals surface area contributed by atoms with E-state index in [1.165, 1.54) is 33.3 Å². The first-order valence-electron chi connectivity index (χ1n) is 8.67. The van der Waals surface area contributed by atoms with Crippen molar-refractivity contribution in [3.63, 3.8) is 0 Å². The molecule has 1 atom stereocenters. The number of fused-ring (bicyclic) bond motifs is 2. The van der Waals surface area contributed by atoms with E-state index >= 15 is 0 Å². The molecule has 4 heteroatoms. The van der Waals surface area contributed by atoms with Gasteiger partial charge in [-0.2, -0.15) is 0 Å². The van der Waals surface area contributed by atoms with Crippen molar-refractivity contribution in [1.82, 2.24) is 5.32 Å². The fourth-order valence-corrected chi connectivity index (χ4v) is 4.18.